The molecule has 25 heavy (non-hydrogen) atoms. The summed E-state index contributed by atoms with van der Waals surface area (Å²) < 4.78 is 10.8. The summed E-state index contributed by atoms with van der Waals surface area (Å²) in [5.74, 6) is 0.708. The minimum absolute atomic E-state index is 0.231. The molecule has 4 rings (SSSR count). The maximum atomic E-state index is 10.2. The van der Waals surface area contributed by atoms with Gasteiger partial charge in [0, 0.05) is 16.8 Å². The fourth-order valence-electron chi connectivity index (χ4n) is 2.91. The normalized spacial score (nSPS) is 14.5. The quantitative estimate of drug-likeness (QED) is 0.754. The summed E-state index contributed by atoms with van der Waals surface area (Å²) in [6.07, 6.45) is 1.79. The Bertz CT molecular complexity index is 1020. The van der Waals surface area contributed by atoms with Crippen molar-refractivity contribution in [1.29, 1.82) is 0 Å². The lowest BCUT2D eigenvalue weighted by Gasteiger charge is -2.03. The number of rotatable bonds is 3. The molecular formula is C20H16N2O3. The van der Waals surface area contributed by atoms with Gasteiger partial charge in [-0.2, -0.15) is 0 Å². The van der Waals surface area contributed by atoms with E-state index >= 15 is 0 Å². The molecule has 5 nitrogen and oxygen atoms in total. The number of hydrogen-bond donors (Lipinski definition) is 1. The number of aromatic hydroxyl groups is 1. The van der Waals surface area contributed by atoms with Crippen molar-refractivity contribution in [3.8, 4) is 23.1 Å². The fraction of sp³-hybridized carbons (Fsp3) is 0.100. The van der Waals surface area contributed by atoms with Crippen LogP contribution in [0.5, 0.6) is 11.7 Å². The molecule has 0 amide bonds. The predicted molar refractivity (Wildman–Crippen MR) is 97.2 cm³/mol. The minimum Gasteiger partial charge on any atom is -0.496 e. The molecule has 0 atom stereocenters. The number of oxazole rings is 1. The molecule has 2 heterocycles. The lowest BCUT2D eigenvalue weighted by atomic mass is 10.0. The van der Waals surface area contributed by atoms with E-state index in [-0.39, 0.29) is 5.95 Å². The van der Waals surface area contributed by atoms with Gasteiger partial charge < -0.3 is 14.3 Å². The van der Waals surface area contributed by atoms with Gasteiger partial charge in [-0.1, -0.05) is 30.3 Å². The molecular weight excluding hydrogens is 316 g/mol. The number of allylic oxidation sites excluding steroid dienone is 1. The first-order chi connectivity index (χ1) is 12.2. The molecule has 2 aromatic carbocycles. The van der Waals surface area contributed by atoms with Crippen molar-refractivity contribution < 1.29 is 14.3 Å². The maximum absolute atomic E-state index is 10.2. The monoisotopic (exact) mass is 332 g/mol. The van der Waals surface area contributed by atoms with Crippen molar-refractivity contribution in [1.82, 2.24) is 4.98 Å². The summed E-state index contributed by atoms with van der Waals surface area (Å²) in [4.78, 5) is 8.97. The van der Waals surface area contributed by atoms with Gasteiger partial charge in [0.15, 0.2) is 0 Å². The first kappa shape index (κ1) is 15.2. The molecule has 0 radical (unpaired) electrons. The summed E-state index contributed by atoms with van der Waals surface area (Å²) in [6.45, 7) is 1.93. The summed E-state index contributed by atoms with van der Waals surface area (Å²) in [5, 5.41) is 10.2. The number of hydrogen-bond acceptors (Lipinski definition) is 5. The number of ether oxygens (including phenoxy) is 1. The van der Waals surface area contributed by atoms with Gasteiger partial charge in [0.2, 0.25) is 5.89 Å². The Hall–Kier alpha value is -3.34. The second kappa shape index (κ2) is 5.94. The highest BCUT2D eigenvalue weighted by Crippen LogP contribution is 2.38. The topological polar surface area (TPSA) is 67.9 Å². The SMILES string of the molecule is COc1ccccc1-c1nc(/C=C2\C(C)=Nc3ccccc32)c(O)o1. The second-order valence-corrected chi connectivity index (χ2v) is 5.68. The maximum Gasteiger partial charge on any atom is 0.310 e. The summed E-state index contributed by atoms with van der Waals surface area (Å²) in [6, 6.07) is 15.2. The molecule has 0 saturated heterocycles. The molecule has 0 unspecified atom stereocenters. The van der Waals surface area contributed by atoms with Gasteiger partial charge in [-0.15, -0.1) is 0 Å². The van der Waals surface area contributed by atoms with E-state index in [1.54, 1.807) is 13.2 Å². The Kier molecular flexibility index (Phi) is 3.61. The molecule has 0 bridgehead atoms. The number of benzene rings is 2. The van der Waals surface area contributed by atoms with Gasteiger partial charge in [0.25, 0.3) is 0 Å². The average molecular weight is 332 g/mol. The zero-order chi connectivity index (χ0) is 17.4. The third-order valence-corrected chi connectivity index (χ3v) is 4.13. The molecule has 0 spiro atoms. The van der Waals surface area contributed by atoms with Crippen molar-refractivity contribution in [2.24, 2.45) is 4.99 Å². The van der Waals surface area contributed by atoms with Crippen LogP contribution in [-0.2, 0) is 0 Å². The lowest BCUT2D eigenvalue weighted by molar-refractivity contribution is 0.335. The van der Waals surface area contributed by atoms with Crippen LogP contribution >= 0.6 is 0 Å². The summed E-state index contributed by atoms with van der Waals surface area (Å²) >= 11 is 0. The molecule has 5 heteroatoms. The number of para-hydroxylation sites is 2. The van der Waals surface area contributed by atoms with E-state index in [0.29, 0.717) is 22.9 Å². The summed E-state index contributed by atoms with van der Waals surface area (Å²) in [7, 11) is 1.58. The van der Waals surface area contributed by atoms with E-state index in [1.165, 1.54) is 0 Å². The van der Waals surface area contributed by atoms with Gasteiger partial charge in [-0.3, -0.25) is 4.99 Å². The minimum atomic E-state index is -0.231. The highest BCUT2D eigenvalue weighted by molar-refractivity contribution is 6.31. The molecule has 124 valence electrons. The lowest BCUT2D eigenvalue weighted by Crippen LogP contribution is -1.90. The first-order valence-electron chi connectivity index (χ1n) is 7.87. The zero-order valence-electron chi connectivity index (χ0n) is 13.9. The van der Waals surface area contributed by atoms with Crippen molar-refractivity contribution in [2.75, 3.05) is 7.11 Å². The van der Waals surface area contributed by atoms with Crippen LogP contribution in [0.1, 0.15) is 18.2 Å². The third-order valence-electron chi connectivity index (χ3n) is 4.13. The molecule has 1 aliphatic heterocycles. The molecule has 3 aromatic rings. The highest BCUT2D eigenvalue weighted by Gasteiger charge is 2.20. The van der Waals surface area contributed by atoms with Crippen molar-refractivity contribution in [3.05, 3.63) is 59.8 Å². The Morgan fingerprint density at radius 2 is 1.76 bits per heavy atom. The Labute approximate surface area is 144 Å². The van der Waals surface area contributed by atoms with Crippen molar-refractivity contribution in [2.45, 2.75) is 6.92 Å². The van der Waals surface area contributed by atoms with E-state index in [9.17, 15) is 5.11 Å². The van der Waals surface area contributed by atoms with E-state index in [2.05, 4.69) is 9.98 Å². The standard InChI is InChI=1S/C20H16N2O3/c1-12-15(13-7-3-5-9-16(13)21-12)11-17-20(23)25-19(22-17)14-8-4-6-10-18(14)24-2/h3-11,23H,1-2H3/b15-11+. The van der Waals surface area contributed by atoms with Crippen LogP contribution in [0.2, 0.25) is 0 Å². The number of aromatic nitrogens is 1. The van der Waals surface area contributed by atoms with Gasteiger partial charge in [-0.05, 0) is 31.2 Å². The molecule has 1 aromatic heterocycles. The van der Waals surface area contributed by atoms with Crippen LogP contribution in [-0.4, -0.2) is 22.9 Å². The predicted octanol–water partition coefficient (Wildman–Crippen LogP) is 4.70. The van der Waals surface area contributed by atoms with Gasteiger partial charge in [-0.25, -0.2) is 4.98 Å². The first-order valence-corrected chi connectivity index (χ1v) is 7.87. The molecule has 0 saturated carbocycles. The zero-order valence-corrected chi connectivity index (χ0v) is 13.9. The fourth-order valence-corrected chi connectivity index (χ4v) is 2.91. The van der Waals surface area contributed by atoms with E-state index in [0.717, 1.165) is 22.5 Å². The Morgan fingerprint density at radius 1 is 1.04 bits per heavy atom. The van der Waals surface area contributed by atoms with E-state index < -0.39 is 0 Å². The van der Waals surface area contributed by atoms with Crippen molar-refractivity contribution >= 4 is 23.0 Å². The van der Waals surface area contributed by atoms with Gasteiger partial charge in [0.1, 0.15) is 11.4 Å². The van der Waals surface area contributed by atoms with Crippen LogP contribution < -0.4 is 4.74 Å². The van der Waals surface area contributed by atoms with Crippen LogP contribution in [0.15, 0.2) is 57.9 Å². The van der Waals surface area contributed by atoms with Gasteiger partial charge >= 0.3 is 5.95 Å². The molecule has 1 N–H and O–H groups in total. The second-order valence-electron chi connectivity index (χ2n) is 5.68. The Morgan fingerprint density at radius 3 is 2.56 bits per heavy atom. The van der Waals surface area contributed by atoms with Crippen molar-refractivity contribution in [3.63, 3.8) is 0 Å². The van der Waals surface area contributed by atoms with Crippen LogP contribution in [0.25, 0.3) is 23.1 Å². The number of methoxy groups -OCH3 is 1. The van der Waals surface area contributed by atoms with Crippen LogP contribution in [0, 0.1) is 0 Å². The Balaban J connectivity index is 1.79. The average Bonchev–Trinajstić information content (AvgIpc) is 3.15. The van der Waals surface area contributed by atoms with Gasteiger partial charge in [0.05, 0.1) is 18.4 Å². The van der Waals surface area contributed by atoms with E-state index in [1.807, 2.05) is 55.5 Å². The molecule has 0 aliphatic carbocycles. The van der Waals surface area contributed by atoms with Crippen LogP contribution in [0.4, 0.5) is 5.69 Å². The highest BCUT2D eigenvalue weighted by atomic mass is 16.5. The van der Waals surface area contributed by atoms with E-state index in [4.69, 9.17) is 9.15 Å². The smallest absolute Gasteiger partial charge is 0.310 e. The number of nitrogens with zero attached hydrogens (tertiary/aromatic N) is 2. The number of fused-ring (bicyclic) bond motifs is 1. The van der Waals surface area contributed by atoms with Crippen LogP contribution in [0.3, 0.4) is 0 Å². The molecule has 1 aliphatic rings. The number of aliphatic imine (C=N–C) groups is 1. The summed E-state index contributed by atoms with van der Waals surface area (Å²) in [5.41, 5.74) is 4.78. The third kappa shape index (κ3) is 2.59. The largest absolute Gasteiger partial charge is 0.496 e. The molecule has 0 fully saturated rings.